The Kier molecular flexibility index (Phi) is 6.41. The smallest absolute Gasteiger partial charge is 0.335 e. The van der Waals surface area contributed by atoms with Crippen LogP contribution >= 0.6 is 0 Å². The second-order valence-corrected chi connectivity index (χ2v) is 4.85. The monoisotopic (exact) mass is 288 g/mol. The Bertz CT molecular complexity index is 555. The molecule has 112 valence electrons. The van der Waals surface area contributed by atoms with Gasteiger partial charge in [0, 0.05) is 18.7 Å². The average molecular weight is 288 g/mol. The van der Waals surface area contributed by atoms with E-state index in [-0.39, 0.29) is 17.9 Å². The van der Waals surface area contributed by atoms with E-state index in [0.29, 0.717) is 24.2 Å². The zero-order chi connectivity index (χ0) is 15.8. The lowest BCUT2D eigenvalue weighted by molar-refractivity contribution is 0.0696. The van der Waals surface area contributed by atoms with E-state index >= 15 is 0 Å². The van der Waals surface area contributed by atoms with Crippen molar-refractivity contribution in [2.75, 3.05) is 13.1 Å². The number of hydrogen-bond donors (Lipinski definition) is 1. The molecule has 0 saturated carbocycles. The van der Waals surface area contributed by atoms with Gasteiger partial charge in [-0.25, -0.2) is 4.79 Å². The fourth-order valence-electron chi connectivity index (χ4n) is 2.17. The molecular weight excluding hydrogens is 268 g/mol. The number of nitrogens with zero attached hydrogens (tertiary/aromatic N) is 2. The van der Waals surface area contributed by atoms with Crippen molar-refractivity contribution in [1.82, 2.24) is 4.90 Å². The third-order valence-corrected chi connectivity index (χ3v) is 3.04. The van der Waals surface area contributed by atoms with Crippen LogP contribution in [-0.2, 0) is 6.42 Å². The van der Waals surface area contributed by atoms with Crippen molar-refractivity contribution in [3.05, 3.63) is 34.9 Å². The third-order valence-electron chi connectivity index (χ3n) is 3.04. The van der Waals surface area contributed by atoms with Crippen LogP contribution in [0, 0.1) is 11.3 Å². The van der Waals surface area contributed by atoms with Gasteiger partial charge in [0.2, 0.25) is 0 Å². The molecular formula is C16H20N2O3. The van der Waals surface area contributed by atoms with Crippen LogP contribution in [0.4, 0.5) is 0 Å². The summed E-state index contributed by atoms with van der Waals surface area (Å²) in [7, 11) is 0. The summed E-state index contributed by atoms with van der Waals surface area (Å²) in [6.45, 7) is 5.25. The summed E-state index contributed by atoms with van der Waals surface area (Å²) in [5, 5.41) is 17.9. The fraction of sp³-hybridized carbons (Fsp3) is 0.438. The Morgan fingerprint density at radius 1 is 1.14 bits per heavy atom. The molecule has 0 atom stereocenters. The zero-order valence-corrected chi connectivity index (χ0v) is 12.4. The number of carboxylic acid groups (broad SMARTS) is 1. The van der Waals surface area contributed by atoms with Crippen molar-refractivity contribution in [3.8, 4) is 6.07 Å². The minimum Gasteiger partial charge on any atom is -0.478 e. The molecule has 0 aliphatic rings. The summed E-state index contributed by atoms with van der Waals surface area (Å²) < 4.78 is 0. The van der Waals surface area contributed by atoms with Crippen LogP contribution < -0.4 is 0 Å². The van der Waals surface area contributed by atoms with E-state index in [1.165, 1.54) is 12.1 Å². The summed E-state index contributed by atoms with van der Waals surface area (Å²) in [5.41, 5.74) is 0.926. The number of nitriles is 1. The molecule has 0 unspecified atom stereocenters. The van der Waals surface area contributed by atoms with Crippen molar-refractivity contribution in [3.63, 3.8) is 0 Å². The van der Waals surface area contributed by atoms with Crippen molar-refractivity contribution >= 4 is 11.9 Å². The van der Waals surface area contributed by atoms with E-state index in [4.69, 9.17) is 10.4 Å². The number of carboxylic acids is 1. The molecule has 1 rings (SSSR count). The van der Waals surface area contributed by atoms with Crippen molar-refractivity contribution in [2.45, 2.75) is 33.1 Å². The second kappa shape index (κ2) is 8.05. The molecule has 0 radical (unpaired) electrons. The summed E-state index contributed by atoms with van der Waals surface area (Å²) in [6, 6.07) is 6.40. The van der Waals surface area contributed by atoms with Gasteiger partial charge in [0.05, 0.1) is 18.1 Å². The summed E-state index contributed by atoms with van der Waals surface area (Å²) in [4.78, 5) is 25.4. The number of carbonyl (C=O) groups is 2. The van der Waals surface area contributed by atoms with Crippen LogP contribution in [0.25, 0.3) is 0 Å². The largest absolute Gasteiger partial charge is 0.478 e. The lowest BCUT2D eigenvalue weighted by atomic mass is 10.0. The second-order valence-electron chi connectivity index (χ2n) is 4.85. The first-order valence-electron chi connectivity index (χ1n) is 7.06. The minimum atomic E-state index is -1.10. The highest BCUT2D eigenvalue weighted by molar-refractivity contribution is 5.97. The molecule has 0 aliphatic heterocycles. The highest BCUT2D eigenvalue weighted by Crippen LogP contribution is 2.14. The molecule has 5 heteroatoms. The van der Waals surface area contributed by atoms with Gasteiger partial charge >= 0.3 is 5.97 Å². The maximum Gasteiger partial charge on any atom is 0.335 e. The summed E-state index contributed by atoms with van der Waals surface area (Å²) in [6.07, 6.45) is 1.77. The summed E-state index contributed by atoms with van der Waals surface area (Å²) >= 11 is 0. The van der Waals surface area contributed by atoms with Crippen LogP contribution in [0.5, 0.6) is 0 Å². The maximum atomic E-state index is 12.5. The Labute approximate surface area is 124 Å². The first-order valence-corrected chi connectivity index (χ1v) is 7.06. The molecule has 0 aliphatic carbocycles. The fourth-order valence-corrected chi connectivity index (χ4v) is 2.17. The van der Waals surface area contributed by atoms with Crippen molar-refractivity contribution < 1.29 is 14.7 Å². The Hall–Kier alpha value is -2.35. The van der Waals surface area contributed by atoms with Crippen LogP contribution in [-0.4, -0.2) is 35.0 Å². The molecule has 0 heterocycles. The van der Waals surface area contributed by atoms with Gasteiger partial charge in [0.1, 0.15) is 0 Å². The van der Waals surface area contributed by atoms with Gasteiger partial charge in [0.15, 0.2) is 0 Å². The van der Waals surface area contributed by atoms with Crippen LogP contribution in [0.15, 0.2) is 18.2 Å². The molecule has 1 N–H and O–H groups in total. The van der Waals surface area contributed by atoms with Gasteiger partial charge in [-0.3, -0.25) is 4.79 Å². The molecule has 5 nitrogen and oxygen atoms in total. The topological polar surface area (TPSA) is 81.4 Å². The molecule has 0 aromatic heterocycles. The minimum absolute atomic E-state index is 0.0408. The number of amides is 1. The van der Waals surface area contributed by atoms with Gasteiger partial charge in [-0.05, 0) is 36.6 Å². The van der Waals surface area contributed by atoms with Gasteiger partial charge in [-0.1, -0.05) is 13.8 Å². The predicted octanol–water partition coefficient (Wildman–Crippen LogP) is 2.71. The molecule has 1 aromatic rings. The van der Waals surface area contributed by atoms with Crippen LogP contribution in [0.2, 0.25) is 0 Å². The number of hydrogen-bond acceptors (Lipinski definition) is 3. The molecule has 1 amide bonds. The van der Waals surface area contributed by atoms with Crippen LogP contribution in [0.3, 0.4) is 0 Å². The van der Waals surface area contributed by atoms with E-state index in [9.17, 15) is 9.59 Å². The lowest BCUT2D eigenvalue weighted by Crippen LogP contribution is -2.32. The Morgan fingerprint density at radius 2 is 1.71 bits per heavy atom. The van der Waals surface area contributed by atoms with Crippen LogP contribution in [0.1, 0.15) is 53.0 Å². The number of carbonyl (C=O) groups excluding carboxylic acids is 1. The molecule has 0 fully saturated rings. The zero-order valence-electron chi connectivity index (χ0n) is 12.4. The molecule has 0 bridgehead atoms. The quantitative estimate of drug-likeness (QED) is 0.836. The maximum absolute atomic E-state index is 12.5. The van der Waals surface area contributed by atoms with E-state index in [0.717, 1.165) is 12.8 Å². The SMILES string of the molecule is CCCN(CCC)C(=O)c1cc(CC#N)cc(C(=O)O)c1. The summed E-state index contributed by atoms with van der Waals surface area (Å²) in [5.74, 6) is -1.28. The standard InChI is InChI=1S/C16H20N2O3/c1-3-7-18(8-4-2)15(19)13-9-12(5-6-17)10-14(11-13)16(20)21/h9-11H,3-5,7-8H2,1-2H3,(H,20,21). The average Bonchev–Trinajstić information content (AvgIpc) is 2.46. The number of rotatable bonds is 7. The van der Waals surface area contributed by atoms with E-state index in [1.54, 1.807) is 11.0 Å². The lowest BCUT2D eigenvalue weighted by Gasteiger charge is -2.22. The normalized spacial score (nSPS) is 9.95. The first-order chi connectivity index (χ1) is 10.0. The first kappa shape index (κ1) is 16.7. The Balaban J connectivity index is 3.17. The highest BCUT2D eigenvalue weighted by Gasteiger charge is 2.17. The molecule has 1 aromatic carbocycles. The van der Waals surface area contributed by atoms with Gasteiger partial charge in [-0.15, -0.1) is 0 Å². The van der Waals surface area contributed by atoms with Gasteiger partial charge in [0.25, 0.3) is 5.91 Å². The van der Waals surface area contributed by atoms with E-state index in [1.807, 2.05) is 19.9 Å². The third kappa shape index (κ3) is 4.60. The molecule has 0 spiro atoms. The number of aromatic carboxylic acids is 1. The van der Waals surface area contributed by atoms with Gasteiger partial charge < -0.3 is 10.0 Å². The number of benzene rings is 1. The Morgan fingerprint density at radius 3 is 2.19 bits per heavy atom. The van der Waals surface area contributed by atoms with Gasteiger partial charge in [-0.2, -0.15) is 5.26 Å². The molecule has 21 heavy (non-hydrogen) atoms. The van der Waals surface area contributed by atoms with E-state index < -0.39 is 5.97 Å². The van der Waals surface area contributed by atoms with Crippen molar-refractivity contribution in [1.29, 1.82) is 5.26 Å². The van der Waals surface area contributed by atoms with Crippen molar-refractivity contribution in [2.24, 2.45) is 0 Å². The predicted molar refractivity (Wildman–Crippen MR) is 79.2 cm³/mol. The van der Waals surface area contributed by atoms with E-state index in [2.05, 4.69) is 0 Å². The molecule has 0 saturated heterocycles. The highest BCUT2D eigenvalue weighted by atomic mass is 16.4.